The van der Waals surface area contributed by atoms with Crippen molar-refractivity contribution in [2.24, 2.45) is 0 Å². The molecule has 0 amide bonds. The molecule has 2 nitrogen and oxygen atoms in total. The lowest BCUT2D eigenvalue weighted by Gasteiger charge is -2.11. The summed E-state index contributed by atoms with van der Waals surface area (Å²) in [7, 11) is 0. The predicted octanol–water partition coefficient (Wildman–Crippen LogP) is 2.77. The lowest BCUT2D eigenvalue weighted by atomic mass is 10.2. The molecule has 0 aliphatic rings. The van der Waals surface area contributed by atoms with Crippen LogP contribution in [-0.2, 0) is 6.42 Å². The van der Waals surface area contributed by atoms with Crippen molar-refractivity contribution in [1.82, 2.24) is 10.3 Å². The van der Waals surface area contributed by atoms with E-state index in [0.29, 0.717) is 6.04 Å². The highest BCUT2D eigenvalue weighted by Crippen LogP contribution is 2.11. The Morgan fingerprint density at radius 2 is 2.36 bits per heavy atom. The van der Waals surface area contributed by atoms with Crippen LogP contribution in [-0.4, -0.2) is 17.6 Å². The van der Waals surface area contributed by atoms with E-state index in [-0.39, 0.29) is 0 Å². The molecule has 1 aromatic rings. The summed E-state index contributed by atoms with van der Waals surface area (Å²) in [4.78, 5) is 5.63. The fourth-order valence-electron chi connectivity index (χ4n) is 1.50. The highest BCUT2D eigenvalue weighted by Gasteiger charge is 2.01. The van der Waals surface area contributed by atoms with Gasteiger partial charge in [-0.15, -0.1) is 11.3 Å². The zero-order valence-electron chi connectivity index (χ0n) is 9.34. The first kappa shape index (κ1) is 11.7. The molecule has 0 fully saturated rings. The van der Waals surface area contributed by atoms with E-state index in [4.69, 9.17) is 0 Å². The van der Waals surface area contributed by atoms with Crippen LogP contribution in [0, 0.1) is 6.92 Å². The molecule has 3 heteroatoms. The molecule has 0 aliphatic carbocycles. The van der Waals surface area contributed by atoms with Crippen LogP contribution in [0.3, 0.4) is 0 Å². The standard InChI is InChI=1S/C11H20N2S/c1-4-5-9(2)12-7-6-11-8-13-10(3)14-11/h8-9,12H,4-7H2,1-3H3. The molecule has 80 valence electrons. The number of thiazole rings is 1. The van der Waals surface area contributed by atoms with E-state index >= 15 is 0 Å². The first-order valence-electron chi connectivity index (χ1n) is 5.37. The molecule has 0 saturated carbocycles. The van der Waals surface area contributed by atoms with E-state index in [1.165, 1.54) is 22.7 Å². The Hall–Kier alpha value is -0.410. The number of rotatable bonds is 6. The first-order valence-corrected chi connectivity index (χ1v) is 6.18. The van der Waals surface area contributed by atoms with Gasteiger partial charge >= 0.3 is 0 Å². The van der Waals surface area contributed by atoms with Gasteiger partial charge in [-0.1, -0.05) is 13.3 Å². The average molecular weight is 212 g/mol. The van der Waals surface area contributed by atoms with Crippen LogP contribution in [0.25, 0.3) is 0 Å². The minimum absolute atomic E-state index is 0.647. The maximum Gasteiger partial charge on any atom is 0.0896 e. The topological polar surface area (TPSA) is 24.9 Å². The second-order valence-electron chi connectivity index (χ2n) is 3.74. The molecule has 0 radical (unpaired) electrons. The minimum atomic E-state index is 0.647. The molecular weight excluding hydrogens is 192 g/mol. The average Bonchev–Trinajstić information content (AvgIpc) is 2.52. The van der Waals surface area contributed by atoms with Crippen molar-refractivity contribution in [1.29, 1.82) is 0 Å². The second kappa shape index (κ2) is 6.14. The SMILES string of the molecule is CCCC(C)NCCc1cnc(C)s1. The Labute approximate surface area is 90.8 Å². The number of aromatic nitrogens is 1. The van der Waals surface area contributed by atoms with E-state index < -0.39 is 0 Å². The summed E-state index contributed by atoms with van der Waals surface area (Å²) in [5.74, 6) is 0. The number of nitrogens with zero attached hydrogens (tertiary/aromatic N) is 1. The first-order chi connectivity index (χ1) is 6.72. The molecule has 1 heterocycles. The van der Waals surface area contributed by atoms with Crippen molar-refractivity contribution >= 4 is 11.3 Å². The minimum Gasteiger partial charge on any atom is -0.314 e. The van der Waals surface area contributed by atoms with Gasteiger partial charge in [0, 0.05) is 23.7 Å². The van der Waals surface area contributed by atoms with Gasteiger partial charge in [0.25, 0.3) is 0 Å². The summed E-state index contributed by atoms with van der Waals surface area (Å²) in [6, 6.07) is 0.647. The summed E-state index contributed by atoms with van der Waals surface area (Å²) >= 11 is 1.80. The third kappa shape index (κ3) is 4.20. The summed E-state index contributed by atoms with van der Waals surface area (Å²) in [6.45, 7) is 7.61. The van der Waals surface area contributed by atoms with Crippen LogP contribution in [0.4, 0.5) is 0 Å². The predicted molar refractivity (Wildman–Crippen MR) is 62.9 cm³/mol. The van der Waals surface area contributed by atoms with Crippen molar-refractivity contribution in [2.45, 2.75) is 46.1 Å². The Bertz CT molecular complexity index is 258. The normalized spacial score (nSPS) is 13.1. The Morgan fingerprint density at radius 3 is 2.93 bits per heavy atom. The van der Waals surface area contributed by atoms with E-state index in [0.717, 1.165) is 13.0 Å². The Morgan fingerprint density at radius 1 is 1.57 bits per heavy atom. The zero-order valence-corrected chi connectivity index (χ0v) is 10.2. The second-order valence-corrected chi connectivity index (χ2v) is 5.06. The van der Waals surface area contributed by atoms with Gasteiger partial charge in [-0.25, -0.2) is 4.98 Å². The lowest BCUT2D eigenvalue weighted by molar-refractivity contribution is 0.513. The summed E-state index contributed by atoms with van der Waals surface area (Å²) in [5, 5.41) is 4.69. The van der Waals surface area contributed by atoms with E-state index in [2.05, 4.69) is 31.1 Å². The number of hydrogen-bond donors (Lipinski definition) is 1. The number of hydrogen-bond acceptors (Lipinski definition) is 3. The van der Waals surface area contributed by atoms with Crippen LogP contribution < -0.4 is 5.32 Å². The molecule has 0 aromatic carbocycles. The van der Waals surface area contributed by atoms with Gasteiger partial charge in [-0.05, 0) is 26.7 Å². The molecule has 1 rings (SSSR count). The van der Waals surface area contributed by atoms with Crippen molar-refractivity contribution < 1.29 is 0 Å². The summed E-state index contributed by atoms with van der Waals surface area (Å²) < 4.78 is 0. The number of nitrogens with one attached hydrogen (secondary N) is 1. The Kier molecular flexibility index (Phi) is 5.12. The molecule has 0 saturated heterocycles. The summed E-state index contributed by atoms with van der Waals surface area (Å²) in [6.07, 6.45) is 5.63. The highest BCUT2D eigenvalue weighted by molar-refractivity contribution is 7.11. The van der Waals surface area contributed by atoms with Gasteiger partial charge in [0.05, 0.1) is 5.01 Å². The monoisotopic (exact) mass is 212 g/mol. The van der Waals surface area contributed by atoms with Gasteiger partial charge in [0.15, 0.2) is 0 Å². The third-order valence-electron chi connectivity index (χ3n) is 2.26. The van der Waals surface area contributed by atoms with Crippen molar-refractivity contribution in [3.63, 3.8) is 0 Å². The molecule has 14 heavy (non-hydrogen) atoms. The smallest absolute Gasteiger partial charge is 0.0896 e. The molecule has 0 aliphatic heterocycles. The fraction of sp³-hybridized carbons (Fsp3) is 0.727. The Balaban J connectivity index is 2.15. The fourth-order valence-corrected chi connectivity index (χ4v) is 2.29. The quantitative estimate of drug-likeness (QED) is 0.784. The third-order valence-corrected chi connectivity index (χ3v) is 3.23. The molecule has 0 spiro atoms. The van der Waals surface area contributed by atoms with Gasteiger partial charge in [-0.2, -0.15) is 0 Å². The zero-order chi connectivity index (χ0) is 10.4. The van der Waals surface area contributed by atoms with Gasteiger partial charge in [0.1, 0.15) is 0 Å². The van der Waals surface area contributed by atoms with E-state index in [1.54, 1.807) is 11.3 Å². The highest BCUT2D eigenvalue weighted by atomic mass is 32.1. The molecule has 0 bridgehead atoms. The van der Waals surface area contributed by atoms with Crippen molar-refractivity contribution in [3.05, 3.63) is 16.1 Å². The van der Waals surface area contributed by atoms with Crippen LogP contribution in [0.1, 0.15) is 36.6 Å². The van der Waals surface area contributed by atoms with Gasteiger partial charge in [0.2, 0.25) is 0 Å². The maximum absolute atomic E-state index is 4.24. The maximum atomic E-state index is 4.24. The lowest BCUT2D eigenvalue weighted by Crippen LogP contribution is -2.27. The van der Waals surface area contributed by atoms with E-state index in [9.17, 15) is 0 Å². The van der Waals surface area contributed by atoms with Crippen LogP contribution >= 0.6 is 11.3 Å². The molecule has 1 unspecified atom stereocenters. The van der Waals surface area contributed by atoms with Gasteiger partial charge in [-0.3, -0.25) is 0 Å². The largest absolute Gasteiger partial charge is 0.314 e. The number of aryl methyl sites for hydroxylation is 1. The molecular formula is C11H20N2S. The van der Waals surface area contributed by atoms with Crippen LogP contribution in [0.15, 0.2) is 6.20 Å². The molecule has 1 aromatic heterocycles. The van der Waals surface area contributed by atoms with Crippen molar-refractivity contribution in [3.8, 4) is 0 Å². The van der Waals surface area contributed by atoms with E-state index in [1.807, 2.05) is 6.20 Å². The van der Waals surface area contributed by atoms with Crippen LogP contribution in [0.5, 0.6) is 0 Å². The molecule has 1 atom stereocenters. The van der Waals surface area contributed by atoms with Crippen molar-refractivity contribution in [2.75, 3.05) is 6.54 Å². The summed E-state index contributed by atoms with van der Waals surface area (Å²) in [5.41, 5.74) is 0. The van der Waals surface area contributed by atoms with Crippen LogP contribution in [0.2, 0.25) is 0 Å². The van der Waals surface area contributed by atoms with Gasteiger partial charge < -0.3 is 5.32 Å². The molecule has 1 N–H and O–H groups in total.